The maximum Gasteiger partial charge on any atom is 0.293 e. The highest BCUT2D eigenvalue weighted by molar-refractivity contribution is 6.76. The molecule has 1 aromatic rings. The van der Waals surface area contributed by atoms with Crippen LogP contribution in [0.25, 0.3) is 0 Å². The summed E-state index contributed by atoms with van der Waals surface area (Å²) in [6.07, 6.45) is 6.06. The fourth-order valence-corrected chi connectivity index (χ4v) is 2.65. The minimum absolute atomic E-state index is 0.214. The molecule has 2 amide bonds. The molecule has 0 spiro atoms. The van der Waals surface area contributed by atoms with Gasteiger partial charge in [0.1, 0.15) is 0 Å². The smallest absolute Gasteiger partial charge is 0.268 e. The minimum Gasteiger partial charge on any atom is -0.268 e. The molecule has 0 unspecified atom stereocenters. The van der Waals surface area contributed by atoms with Gasteiger partial charge in [-0.3, -0.25) is 15.0 Å². The quantitative estimate of drug-likeness (QED) is 0.492. The van der Waals surface area contributed by atoms with Gasteiger partial charge in [0.15, 0.2) is 0 Å². The van der Waals surface area contributed by atoms with Gasteiger partial charge < -0.3 is 0 Å². The molecule has 23 heavy (non-hydrogen) atoms. The molecule has 0 atom stereocenters. The molecule has 0 bridgehead atoms. The zero-order valence-electron chi connectivity index (χ0n) is 12.4. The summed E-state index contributed by atoms with van der Waals surface area (Å²) in [5.74, 6) is -1.21. The van der Waals surface area contributed by atoms with E-state index in [4.69, 9.17) is 34.8 Å². The first kappa shape index (κ1) is 18.1. The average molecular weight is 376 g/mol. The molecule has 1 aromatic carbocycles. The number of carbonyl (C=O) groups is 2. The third-order valence-corrected chi connectivity index (χ3v) is 3.99. The standard InChI is InChI=1S/C16H17Cl3N2O2/c17-16(18,19)15(23)21(11-12-7-3-1-4-8-12)20-14(22)13-9-5-2-6-10-13/h2,5-7,9-10H,1,3-4,8,11H2,(H,20,22). The van der Waals surface area contributed by atoms with E-state index in [1.54, 1.807) is 30.3 Å². The number of rotatable bonds is 3. The van der Waals surface area contributed by atoms with E-state index in [0.717, 1.165) is 36.3 Å². The van der Waals surface area contributed by atoms with Crippen molar-refractivity contribution >= 4 is 46.6 Å². The van der Waals surface area contributed by atoms with Crippen molar-refractivity contribution in [3.63, 3.8) is 0 Å². The second kappa shape index (κ2) is 8.04. The number of alkyl halides is 3. The predicted octanol–water partition coefficient (Wildman–Crippen LogP) is 4.03. The van der Waals surface area contributed by atoms with Crippen molar-refractivity contribution in [3.05, 3.63) is 47.5 Å². The van der Waals surface area contributed by atoms with Gasteiger partial charge in [0.25, 0.3) is 15.6 Å². The van der Waals surface area contributed by atoms with E-state index >= 15 is 0 Å². The molecule has 2 rings (SSSR count). The Labute approximate surface area is 150 Å². The van der Waals surface area contributed by atoms with Crippen molar-refractivity contribution in [2.45, 2.75) is 29.5 Å². The Kier molecular flexibility index (Phi) is 6.33. The van der Waals surface area contributed by atoms with Crippen molar-refractivity contribution in [2.75, 3.05) is 6.54 Å². The Bertz CT molecular complexity index is 597. The number of hydrogen-bond acceptors (Lipinski definition) is 2. The van der Waals surface area contributed by atoms with Crippen LogP contribution in [0.2, 0.25) is 0 Å². The topological polar surface area (TPSA) is 49.4 Å². The van der Waals surface area contributed by atoms with Crippen LogP contribution in [0.1, 0.15) is 36.0 Å². The Hall–Kier alpha value is -1.23. The zero-order chi connectivity index (χ0) is 16.9. The van der Waals surface area contributed by atoms with E-state index in [2.05, 4.69) is 11.5 Å². The van der Waals surface area contributed by atoms with Gasteiger partial charge in [0.2, 0.25) is 0 Å². The van der Waals surface area contributed by atoms with Crippen LogP contribution >= 0.6 is 34.8 Å². The van der Waals surface area contributed by atoms with Gasteiger partial charge in [-0.25, -0.2) is 5.01 Å². The second-order valence-electron chi connectivity index (χ2n) is 5.30. The molecular weight excluding hydrogens is 359 g/mol. The lowest BCUT2D eigenvalue weighted by atomic mass is 9.99. The van der Waals surface area contributed by atoms with Crippen molar-refractivity contribution in [1.29, 1.82) is 0 Å². The lowest BCUT2D eigenvalue weighted by Gasteiger charge is -2.28. The van der Waals surface area contributed by atoms with Crippen LogP contribution in [-0.2, 0) is 4.79 Å². The SMILES string of the molecule is O=C(NN(CC1=CCCCC1)C(=O)C(Cl)(Cl)Cl)c1ccccc1. The molecule has 0 saturated heterocycles. The summed E-state index contributed by atoms with van der Waals surface area (Å²) < 4.78 is -2.13. The average Bonchev–Trinajstić information content (AvgIpc) is 2.54. The van der Waals surface area contributed by atoms with Crippen LogP contribution in [0.15, 0.2) is 42.0 Å². The number of benzene rings is 1. The van der Waals surface area contributed by atoms with E-state index in [9.17, 15) is 9.59 Å². The van der Waals surface area contributed by atoms with Crippen LogP contribution in [0.4, 0.5) is 0 Å². The van der Waals surface area contributed by atoms with Crippen LogP contribution in [-0.4, -0.2) is 27.2 Å². The molecule has 1 N–H and O–H groups in total. The van der Waals surface area contributed by atoms with Gasteiger partial charge in [-0.05, 0) is 37.8 Å². The zero-order valence-corrected chi connectivity index (χ0v) is 14.7. The van der Waals surface area contributed by atoms with Gasteiger partial charge in [-0.2, -0.15) is 0 Å². The van der Waals surface area contributed by atoms with Crippen LogP contribution in [0.5, 0.6) is 0 Å². The molecule has 7 heteroatoms. The first-order valence-electron chi connectivity index (χ1n) is 7.30. The van der Waals surface area contributed by atoms with Crippen molar-refractivity contribution in [3.8, 4) is 0 Å². The van der Waals surface area contributed by atoms with Gasteiger partial charge in [0.05, 0.1) is 6.54 Å². The summed E-state index contributed by atoms with van der Waals surface area (Å²) in [6, 6.07) is 8.56. The first-order chi connectivity index (χ1) is 10.9. The van der Waals surface area contributed by atoms with Crippen LogP contribution in [0.3, 0.4) is 0 Å². The Balaban J connectivity index is 2.14. The van der Waals surface area contributed by atoms with Gasteiger partial charge in [0, 0.05) is 5.56 Å². The largest absolute Gasteiger partial charge is 0.293 e. The number of nitrogens with one attached hydrogen (secondary N) is 1. The molecule has 1 aliphatic carbocycles. The van der Waals surface area contributed by atoms with E-state index in [-0.39, 0.29) is 6.54 Å². The fraction of sp³-hybridized carbons (Fsp3) is 0.375. The van der Waals surface area contributed by atoms with Crippen molar-refractivity contribution in [2.24, 2.45) is 0 Å². The highest BCUT2D eigenvalue weighted by atomic mass is 35.6. The maximum atomic E-state index is 12.3. The number of amides is 2. The van der Waals surface area contributed by atoms with Gasteiger partial charge in [-0.1, -0.05) is 64.7 Å². The summed E-state index contributed by atoms with van der Waals surface area (Å²) in [5, 5.41) is 1.08. The third kappa shape index (κ3) is 5.41. The lowest BCUT2D eigenvalue weighted by molar-refractivity contribution is -0.132. The monoisotopic (exact) mass is 374 g/mol. The normalized spacial score (nSPS) is 14.8. The van der Waals surface area contributed by atoms with E-state index in [1.807, 2.05) is 0 Å². The molecular formula is C16H17Cl3N2O2. The number of allylic oxidation sites excluding steroid dienone is 1. The molecule has 0 aliphatic heterocycles. The van der Waals surface area contributed by atoms with Crippen LogP contribution in [0, 0.1) is 0 Å². The molecule has 4 nitrogen and oxygen atoms in total. The summed E-state index contributed by atoms with van der Waals surface area (Å²) in [5.41, 5.74) is 4.01. The number of nitrogens with zero attached hydrogens (tertiary/aromatic N) is 1. The molecule has 0 radical (unpaired) electrons. The molecule has 0 heterocycles. The van der Waals surface area contributed by atoms with Crippen molar-refractivity contribution < 1.29 is 9.59 Å². The first-order valence-corrected chi connectivity index (χ1v) is 8.44. The summed E-state index contributed by atoms with van der Waals surface area (Å²) in [4.78, 5) is 24.6. The van der Waals surface area contributed by atoms with Gasteiger partial charge >= 0.3 is 0 Å². The van der Waals surface area contributed by atoms with Gasteiger partial charge in [-0.15, -0.1) is 0 Å². The highest BCUT2D eigenvalue weighted by Crippen LogP contribution is 2.29. The molecule has 0 saturated carbocycles. The van der Waals surface area contributed by atoms with E-state index < -0.39 is 15.6 Å². The number of hydrogen-bond donors (Lipinski definition) is 1. The molecule has 1 aliphatic rings. The molecule has 0 aromatic heterocycles. The minimum atomic E-state index is -2.13. The maximum absolute atomic E-state index is 12.3. The van der Waals surface area contributed by atoms with Crippen LogP contribution < -0.4 is 5.43 Å². The van der Waals surface area contributed by atoms with E-state index in [1.165, 1.54) is 0 Å². The fourth-order valence-electron chi connectivity index (χ4n) is 2.34. The second-order valence-corrected chi connectivity index (χ2v) is 7.59. The Morgan fingerprint density at radius 2 is 1.83 bits per heavy atom. The number of hydrazine groups is 1. The third-order valence-electron chi connectivity index (χ3n) is 3.51. The van der Waals surface area contributed by atoms with Crippen molar-refractivity contribution in [1.82, 2.24) is 10.4 Å². The summed E-state index contributed by atoms with van der Waals surface area (Å²) in [6.45, 7) is 0.214. The Morgan fingerprint density at radius 3 is 2.39 bits per heavy atom. The Morgan fingerprint density at radius 1 is 1.13 bits per heavy atom. The molecule has 124 valence electrons. The summed E-state index contributed by atoms with van der Waals surface area (Å²) in [7, 11) is 0. The lowest BCUT2D eigenvalue weighted by Crippen LogP contribution is -2.51. The van der Waals surface area contributed by atoms with E-state index in [0.29, 0.717) is 5.56 Å². The number of halogens is 3. The summed E-state index contributed by atoms with van der Waals surface area (Å²) >= 11 is 17.1. The highest BCUT2D eigenvalue weighted by Gasteiger charge is 2.36. The predicted molar refractivity (Wildman–Crippen MR) is 92.5 cm³/mol. The molecule has 0 fully saturated rings. The number of carbonyl (C=O) groups excluding carboxylic acids is 2.